The zero-order chi connectivity index (χ0) is 10.4. The molecule has 14 heavy (non-hydrogen) atoms. The minimum absolute atomic E-state index is 0.706. The Bertz CT molecular complexity index is 289. The molecule has 0 aliphatic heterocycles. The standard InChI is InChI=1S/C11H14ClIO/c1-2-14-11-8-10(13)6-5-9(11)4-3-7-12/h5-6,8H,2-4,7H2,1H3. The largest absolute Gasteiger partial charge is 0.494 e. The summed E-state index contributed by atoms with van der Waals surface area (Å²) in [5.41, 5.74) is 1.26. The fourth-order valence-electron chi connectivity index (χ4n) is 1.28. The molecule has 0 bridgehead atoms. The van der Waals surface area contributed by atoms with E-state index in [0.29, 0.717) is 12.5 Å². The lowest BCUT2D eigenvalue weighted by Gasteiger charge is -2.09. The third kappa shape index (κ3) is 3.65. The smallest absolute Gasteiger partial charge is 0.123 e. The normalized spacial score (nSPS) is 10.2. The summed E-state index contributed by atoms with van der Waals surface area (Å²) in [6.45, 7) is 2.72. The second-order valence-electron chi connectivity index (χ2n) is 2.98. The maximum absolute atomic E-state index is 5.67. The second-order valence-corrected chi connectivity index (χ2v) is 4.60. The molecule has 0 heterocycles. The molecule has 0 saturated heterocycles. The molecule has 0 atom stereocenters. The third-order valence-corrected chi connectivity index (χ3v) is 2.85. The van der Waals surface area contributed by atoms with Crippen LogP contribution in [0.3, 0.4) is 0 Å². The van der Waals surface area contributed by atoms with Crippen LogP contribution in [0.4, 0.5) is 0 Å². The highest BCUT2D eigenvalue weighted by Crippen LogP contribution is 2.23. The van der Waals surface area contributed by atoms with Gasteiger partial charge in [0.2, 0.25) is 0 Å². The van der Waals surface area contributed by atoms with Crippen molar-refractivity contribution in [1.82, 2.24) is 0 Å². The van der Waals surface area contributed by atoms with E-state index in [4.69, 9.17) is 16.3 Å². The van der Waals surface area contributed by atoms with Crippen molar-refractivity contribution in [3.05, 3.63) is 27.3 Å². The van der Waals surface area contributed by atoms with Crippen LogP contribution in [0.5, 0.6) is 5.75 Å². The first-order valence-corrected chi connectivity index (χ1v) is 6.36. The molecule has 3 heteroatoms. The van der Waals surface area contributed by atoms with Gasteiger partial charge in [0.25, 0.3) is 0 Å². The van der Waals surface area contributed by atoms with Crippen LogP contribution < -0.4 is 4.74 Å². The number of aryl methyl sites for hydroxylation is 1. The molecule has 0 spiro atoms. The molecular weight excluding hydrogens is 310 g/mol. The number of hydrogen-bond acceptors (Lipinski definition) is 1. The van der Waals surface area contributed by atoms with E-state index in [9.17, 15) is 0 Å². The third-order valence-electron chi connectivity index (χ3n) is 1.91. The number of benzene rings is 1. The Hall–Kier alpha value is 0.0400. The Labute approximate surface area is 104 Å². The van der Waals surface area contributed by atoms with Gasteiger partial charge >= 0.3 is 0 Å². The number of ether oxygens (including phenoxy) is 1. The van der Waals surface area contributed by atoms with Gasteiger partial charge in [-0.25, -0.2) is 0 Å². The van der Waals surface area contributed by atoms with Crippen LogP contribution in [0.25, 0.3) is 0 Å². The molecule has 0 saturated carbocycles. The molecular formula is C11H14ClIO. The van der Waals surface area contributed by atoms with Crippen LogP contribution in [0, 0.1) is 3.57 Å². The summed E-state index contributed by atoms with van der Waals surface area (Å²) in [6, 6.07) is 6.31. The van der Waals surface area contributed by atoms with Crippen LogP contribution in [0.15, 0.2) is 18.2 Å². The summed E-state index contributed by atoms with van der Waals surface area (Å²) in [7, 11) is 0. The average molecular weight is 325 g/mol. The molecule has 1 aromatic carbocycles. The van der Waals surface area contributed by atoms with Crippen LogP contribution in [0.2, 0.25) is 0 Å². The lowest BCUT2D eigenvalue weighted by molar-refractivity contribution is 0.336. The first-order valence-electron chi connectivity index (χ1n) is 4.75. The van der Waals surface area contributed by atoms with Crippen molar-refractivity contribution in [2.45, 2.75) is 19.8 Å². The van der Waals surface area contributed by atoms with Crippen molar-refractivity contribution in [1.29, 1.82) is 0 Å². The van der Waals surface area contributed by atoms with Gasteiger partial charge in [0, 0.05) is 9.45 Å². The lowest BCUT2D eigenvalue weighted by Crippen LogP contribution is -1.97. The van der Waals surface area contributed by atoms with Crippen LogP contribution in [-0.2, 0) is 6.42 Å². The fourth-order valence-corrected chi connectivity index (χ4v) is 1.88. The predicted molar refractivity (Wildman–Crippen MR) is 69.4 cm³/mol. The molecule has 0 amide bonds. The SMILES string of the molecule is CCOc1cc(I)ccc1CCCCl. The van der Waals surface area contributed by atoms with E-state index in [-0.39, 0.29) is 0 Å². The van der Waals surface area contributed by atoms with E-state index in [2.05, 4.69) is 40.8 Å². The molecule has 0 aliphatic rings. The zero-order valence-corrected chi connectivity index (χ0v) is 11.1. The highest BCUT2D eigenvalue weighted by molar-refractivity contribution is 14.1. The van der Waals surface area contributed by atoms with Crippen molar-refractivity contribution in [2.24, 2.45) is 0 Å². The van der Waals surface area contributed by atoms with Gasteiger partial charge in [-0.3, -0.25) is 0 Å². The minimum Gasteiger partial charge on any atom is -0.494 e. The lowest BCUT2D eigenvalue weighted by atomic mass is 10.1. The topological polar surface area (TPSA) is 9.23 Å². The van der Waals surface area contributed by atoms with Crippen molar-refractivity contribution < 1.29 is 4.74 Å². The maximum Gasteiger partial charge on any atom is 0.123 e. The zero-order valence-electron chi connectivity index (χ0n) is 8.22. The fraction of sp³-hybridized carbons (Fsp3) is 0.455. The molecule has 0 aliphatic carbocycles. The Balaban J connectivity index is 2.78. The molecule has 0 N–H and O–H groups in total. The second kappa shape index (κ2) is 6.51. The molecule has 1 nitrogen and oxygen atoms in total. The Morgan fingerprint density at radius 1 is 1.43 bits per heavy atom. The summed E-state index contributed by atoms with van der Waals surface area (Å²) in [5.74, 6) is 1.71. The van der Waals surface area contributed by atoms with Crippen molar-refractivity contribution >= 4 is 34.2 Å². The van der Waals surface area contributed by atoms with Crippen LogP contribution in [0.1, 0.15) is 18.9 Å². The first-order chi connectivity index (χ1) is 6.77. The molecule has 1 rings (SSSR count). The van der Waals surface area contributed by atoms with Crippen LogP contribution in [-0.4, -0.2) is 12.5 Å². The average Bonchev–Trinajstić information content (AvgIpc) is 2.17. The van der Waals surface area contributed by atoms with Gasteiger partial charge in [0.1, 0.15) is 5.75 Å². The van der Waals surface area contributed by atoms with E-state index < -0.39 is 0 Å². The van der Waals surface area contributed by atoms with E-state index in [1.54, 1.807) is 0 Å². The number of hydrogen-bond donors (Lipinski definition) is 0. The van der Waals surface area contributed by atoms with E-state index in [1.807, 2.05) is 6.92 Å². The van der Waals surface area contributed by atoms with Gasteiger partial charge in [0.15, 0.2) is 0 Å². The van der Waals surface area contributed by atoms with Gasteiger partial charge in [-0.15, -0.1) is 11.6 Å². The molecule has 0 radical (unpaired) electrons. The van der Waals surface area contributed by atoms with Crippen molar-refractivity contribution in [2.75, 3.05) is 12.5 Å². The van der Waals surface area contributed by atoms with Gasteiger partial charge in [-0.2, -0.15) is 0 Å². The number of halogens is 2. The molecule has 0 aromatic heterocycles. The Morgan fingerprint density at radius 3 is 2.86 bits per heavy atom. The maximum atomic E-state index is 5.67. The monoisotopic (exact) mass is 324 g/mol. The van der Waals surface area contributed by atoms with E-state index >= 15 is 0 Å². The number of rotatable bonds is 5. The first kappa shape index (κ1) is 12.1. The van der Waals surface area contributed by atoms with Gasteiger partial charge in [-0.1, -0.05) is 6.07 Å². The predicted octanol–water partition coefficient (Wildman–Crippen LogP) is 3.86. The summed E-state index contributed by atoms with van der Waals surface area (Å²) in [6.07, 6.45) is 2.00. The Kier molecular flexibility index (Phi) is 5.63. The summed E-state index contributed by atoms with van der Waals surface area (Å²) >= 11 is 7.96. The summed E-state index contributed by atoms with van der Waals surface area (Å²) in [5, 5.41) is 0. The van der Waals surface area contributed by atoms with Crippen molar-refractivity contribution in [3.63, 3.8) is 0 Å². The molecule has 0 unspecified atom stereocenters. The minimum atomic E-state index is 0.706. The highest BCUT2D eigenvalue weighted by Gasteiger charge is 2.03. The van der Waals surface area contributed by atoms with Crippen LogP contribution >= 0.6 is 34.2 Å². The van der Waals surface area contributed by atoms with Gasteiger partial charge in [0.05, 0.1) is 6.61 Å². The van der Waals surface area contributed by atoms with Gasteiger partial charge in [-0.05, 0) is 60.1 Å². The molecule has 0 fully saturated rings. The molecule has 78 valence electrons. The number of alkyl halides is 1. The van der Waals surface area contributed by atoms with Gasteiger partial charge < -0.3 is 4.74 Å². The summed E-state index contributed by atoms with van der Waals surface area (Å²) in [4.78, 5) is 0. The quantitative estimate of drug-likeness (QED) is 0.590. The molecule has 1 aromatic rings. The van der Waals surface area contributed by atoms with Crippen molar-refractivity contribution in [3.8, 4) is 5.75 Å². The van der Waals surface area contributed by atoms with E-state index in [1.165, 1.54) is 9.13 Å². The summed E-state index contributed by atoms with van der Waals surface area (Å²) < 4.78 is 6.78. The highest BCUT2D eigenvalue weighted by atomic mass is 127. The van der Waals surface area contributed by atoms with E-state index in [0.717, 1.165) is 18.6 Å². The Morgan fingerprint density at radius 2 is 2.21 bits per heavy atom.